The van der Waals surface area contributed by atoms with Crippen LogP contribution in [-0.4, -0.2) is 73.6 Å². The first-order valence-electron chi connectivity index (χ1n) is 12.8. The van der Waals surface area contributed by atoms with Gasteiger partial charge in [-0.1, -0.05) is 26.0 Å². The van der Waals surface area contributed by atoms with Gasteiger partial charge in [-0.2, -0.15) is 0 Å². The molecule has 1 aromatic heterocycles. The molecule has 0 atom stereocenters. The second-order valence-electron chi connectivity index (χ2n) is 10.9. The number of likely N-dealkylation sites (N-methyl/N-ethyl adjacent to an activating group) is 1. The molecule has 0 bridgehead atoms. The minimum atomic E-state index is -0.129. The number of amides is 1. The Morgan fingerprint density at radius 2 is 1.69 bits per heavy atom. The Kier molecular flexibility index (Phi) is 7.91. The molecular formula is C27H41N7O. The molecule has 8 heteroatoms. The molecule has 0 unspecified atom stereocenters. The molecule has 0 saturated carbocycles. The molecule has 0 aliphatic carbocycles. The summed E-state index contributed by atoms with van der Waals surface area (Å²) in [5, 5.41) is 6.62. The molecule has 3 heterocycles. The average molecular weight is 480 g/mol. The molecule has 1 aromatic carbocycles. The second-order valence-corrected chi connectivity index (χ2v) is 10.9. The number of nitrogens with one attached hydrogen (secondary N) is 2. The summed E-state index contributed by atoms with van der Waals surface area (Å²) < 4.78 is 0. The van der Waals surface area contributed by atoms with E-state index in [1.54, 1.807) is 6.33 Å². The summed E-state index contributed by atoms with van der Waals surface area (Å²) in [6.07, 6.45) is 6.93. The summed E-state index contributed by atoms with van der Waals surface area (Å²) in [4.78, 5) is 27.5. The Hall–Kier alpha value is -2.71. The van der Waals surface area contributed by atoms with Gasteiger partial charge in [0, 0.05) is 50.5 Å². The summed E-state index contributed by atoms with van der Waals surface area (Å²) in [7, 11) is 3.87. The van der Waals surface area contributed by atoms with Crippen molar-refractivity contribution in [1.29, 1.82) is 0 Å². The molecular weight excluding hydrogens is 438 g/mol. The predicted octanol–water partition coefficient (Wildman–Crippen LogP) is 3.36. The predicted molar refractivity (Wildman–Crippen MR) is 143 cm³/mol. The SMILES string of the molecule is CNc1cc(N2CCC(CN(C=O)c3ccc(CN4CCC(C)(C)CC4)cc3)(NC)CC2)ncn1. The van der Waals surface area contributed by atoms with Crippen molar-refractivity contribution in [2.45, 2.75) is 51.6 Å². The summed E-state index contributed by atoms with van der Waals surface area (Å²) in [6, 6.07) is 10.5. The van der Waals surface area contributed by atoms with Crippen molar-refractivity contribution in [2.24, 2.45) is 5.41 Å². The minimum Gasteiger partial charge on any atom is -0.373 e. The first-order chi connectivity index (χ1) is 16.8. The summed E-state index contributed by atoms with van der Waals surface area (Å²) in [5.74, 6) is 1.76. The Balaban J connectivity index is 1.35. The van der Waals surface area contributed by atoms with Crippen LogP contribution in [-0.2, 0) is 11.3 Å². The van der Waals surface area contributed by atoms with Crippen LogP contribution in [0.1, 0.15) is 45.1 Å². The fourth-order valence-corrected chi connectivity index (χ4v) is 5.19. The quantitative estimate of drug-likeness (QED) is 0.534. The van der Waals surface area contributed by atoms with E-state index in [4.69, 9.17) is 0 Å². The Labute approximate surface area is 210 Å². The van der Waals surface area contributed by atoms with Gasteiger partial charge < -0.3 is 20.4 Å². The Morgan fingerprint density at radius 1 is 1.00 bits per heavy atom. The van der Waals surface area contributed by atoms with Crippen molar-refractivity contribution in [2.75, 3.05) is 61.9 Å². The van der Waals surface area contributed by atoms with Crippen molar-refractivity contribution < 1.29 is 4.79 Å². The molecule has 35 heavy (non-hydrogen) atoms. The Morgan fingerprint density at radius 3 is 2.29 bits per heavy atom. The molecule has 2 aliphatic rings. The monoisotopic (exact) mass is 479 g/mol. The lowest BCUT2D eigenvalue weighted by atomic mass is 9.82. The molecule has 2 aromatic rings. The van der Waals surface area contributed by atoms with Gasteiger partial charge in [0.1, 0.15) is 18.0 Å². The van der Waals surface area contributed by atoms with E-state index < -0.39 is 0 Å². The number of carbonyl (C=O) groups is 1. The van der Waals surface area contributed by atoms with Crippen molar-refractivity contribution in [3.8, 4) is 0 Å². The van der Waals surface area contributed by atoms with Crippen LogP contribution in [0.25, 0.3) is 0 Å². The third-order valence-corrected chi connectivity index (χ3v) is 7.97. The van der Waals surface area contributed by atoms with Gasteiger partial charge in [0.25, 0.3) is 0 Å². The third-order valence-electron chi connectivity index (χ3n) is 7.97. The first kappa shape index (κ1) is 25.4. The zero-order chi connectivity index (χ0) is 24.9. The van der Waals surface area contributed by atoms with E-state index in [0.717, 1.165) is 69.3 Å². The first-order valence-corrected chi connectivity index (χ1v) is 12.8. The van der Waals surface area contributed by atoms with E-state index in [9.17, 15) is 4.79 Å². The second kappa shape index (κ2) is 10.9. The molecule has 2 aliphatic heterocycles. The summed E-state index contributed by atoms with van der Waals surface area (Å²) >= 11 is 0. The van der Waals surface area contributed by atoms with Crippen molar-refractivity contribution in [3.05, 3.63) is 42.2 Å². The maximum absolute atomic E-state index is 12.1. The molecule has 0 spiro atoms. The van der Waals surface area contributed by atoms with E-state index in [1.807, 2.05) is 25.1 Å². The lowest BCUT2D eigenvalue weighted by molar-refractivity contribution is -0.107. The number of hydrogen-bond acceptors (Lipinski definition) is 7. The van der Waals surface area contributed by atoms with Crippen LogP contribution in [0, 0.1) is 5.41 Å². The van der Waals surface area contributed by atoms with Crippen LogP contribution in [0.5, 0.6) is 0 Å². The normalized spacial score (nSPS) is 19.8. The average Bonchev–Trinajstić information content (AvgIpc) is 2.89. The van der Waals surface area contributed by atoms with Gasteiger partial charge in [-0.25, -0.2) is 9.97 Å². The number of hydrogen-bond donors (Lipinski definition) is 2. The van der Waals surface area contributed by atoms with Crippen molar-refractivity contribution in [3.63, 3.8) is 0 Å². The number of benzene rings is 1. The van der Waals surface area contributed by atoms with Crippen LogP contribution in [0.15, 0.2) is 36.7 Å². The standard InChI is InChI=1S/C27H41N7O/c1-26(2)9-13-32(14-10-26)18-22-5-7-23(8-6-22)34(21-35)19-27(29-4)11-15-33(16-12-27)25-17-24(28-3)30-20-31-25/h5-8,17,20-21,29H,9-16,18-19H2,1-4H3,(H,28,30,31). The van der Waals surface area contributed by atoms with Crippen LogP contribution >= 0.6 is 0 Å². The highest BCUT2D eigenvalue weighted by atomic mass is 16.1. The summed E-state index contributed by atoms with van der Waals surface area (Å²) in [6.45, 7) is 10.4. The largest absolute Gasteiger partial charge is 0.373 e. The maximum atomic E-state index is 12.1. The molecule has 190 valence electrons. The van der Waals surface area contributed by atoms with E-state index in [1.165, 1.54) is 18.4 Å². The third kappa shape index (κ3) is 6.30. The van der Waals surface area contributed by atoms with Crippen LogP contribution in [0.2, 0.25) is 0 Å². The van der Waals surface area contributed by atoms with Gasteiger partial charge in [0.05, 0.1) is 0 Å². The van der Waals surface area contributed by atoms with Crippen LogP contribution in [0.3, 0.4) is 0 Å². The summed E-state index contributed by atoms with van der Waals surface area (Å²) in [5.41, 5.74) is 2.60. The smallest absolute Gasteiger partial charge is 0.214 e. The molecule has 2 saturated heterocycles. The van der Waals surface area contributed by atoms with E-state index >= 15 is 0 Å². The number of anilines is 3. The number of carbonyl (C=O) groups excluding carboxylic acids is 1. The lowest BCUT2D eigenvalue weighted by Crippen LogP contribution is -2.58. The fourth-order valence-electron chi connectivity index (χ4n) is 5.19. The Bertz CT molecular complexity index is 960. The van der Waals surface area contributed by atoms with Gasteiger partial charge >= 0.3 is 0 Å². The topological polar surface area (TPSA) is 76.6 Å². The molecule has 2 fully saturated rings. The molecule has 1 amide bonds. The van der Waals surface area contributed by atoms with Crippen LogP contribution in [0.4, 0.5) is 17.3 Å². The van der Waals surface area contributed by atoms with Gasteiger partial charge in [-0.3, -0.25) is 9.69 Å². The molecule has 0 radical (unpaired) electrons. The molecule has 8 nitrogen and oxygen atoms in total. The highest BCUT2D eigenvalue weighted by molar-refractivity contribution is 5.75. The zero-order valence-electron chi connectivity index (χ0n) is 21.8. The van der Waals surface area contributed by atoms with E-state index in [-0.39, 0.29) is 5.54 Å². The van der Waals surface area contributed by atoms with Crippen molar-refractivity contribution >= 4 is 23.7 Å². The van der Waals surface area contributed by atoms with E-state index in [2.05, 4.69) is 68.5 Å². The maximum Gasteiger partial charge on any atom is 0.214 e. The number of aromatic nitrogens is 2. The number of likely N-dealkylation sites (tertiary alicyclic amines) is 1. The highest BCUT2D eigenvalue weighted by Crippen LogP contribution is 2.31. The van der Waals surface area contributed by atoms with Gasteiger partial charge in [-0.15, -0.1) is 0 Å². The minimum absolute atomic E-state index is 0.129. The lowest BCUT2D eigenvalue weighted by Gasteiger charge is -2.44. The van der Waals surface area contributed by atoms with Gasteiger partial charge in [0.2, 0.25) is 6.41 Å². The zero-order valence-corrected chi connectivity index (χ0v) is 21.8. The van der Waals surface area contributed by atoms with Gasteiger partial charge in [0.15, 0.2) is 0 Å². The molecule has 2 N–H and O–H groups in total. The van der Waals surface area contributed by atoms with E-state index in [0.29, 0.717) is 12.0 Å². The fraction of sp³-hybridized carbons (Fsp3) is 0.593. The molecule has 4 rings (SSSR count). The van der Waals surface area contributed by atoms with Crippen molar-refractivity contribution in [1.82, 2.24) is 20.2 Å². The number of piperidine rings is 2. The number of nitrogens with zero attached hydrogens (tertiary/aromatic N) is 5. The highest BCUT2D eigenvalue weighted by Gasteiger charge is 2.35. The van der Waals surface area contributed by atoms with Gasteiger partial charge in [-0.05, 0) is 68.9 Å². The number of rotatable bonds is 9. The van der Waals surface area contributed by atoms with Crippen LogP contribution < -0.4 is 20.4 Å².